The second-order valence-corrected chi connectivity index (χ2v) is 6.04. The van der Waals surface area contributed by atoms with E-state index in [9.17, 15) is 19.5 Å². The molecule has 4 atom stereocenters. The fourth-order valence-electron chi connectivity index (χ4n) is 2.97. The number of rotatable bonds is 6. The van der Waals surface area contributed by atoms with Gasteiger partial charge >= 0.3 is 19.1 Å². The van der Waals surface area contributed by atoms with Gasteiger partial charge in [-0.25, -0.2) is 4.79 Å². The predicted molar refractivity (Wildman–Crippen MR) is 84.4 cm³/mol. The second-order valence-electron chi connectivity index (χ2n) is 6.04. The smallest absolute Gasteiger partial charge is 0.506 e. The van der Waals surface area contributed by atoms with Gasteiger partial charge in [0, 0.05) is 21.8 Å². The number of carbonyl (C=O) groups excluding carboxylic acids is 2. The summed E-state index contributed by atoms with van der Waals surface area (Å²) in [6.45, 7) is -3.70. The van der Waals surface area contributed by atoms with Gasteiger partial charge in [0.1, 0.15) is 0 Å². The summed E-state index contributed by atoms with van der Waals surface area (Å²) in [4.78, 5) is 36.4. The maximum atomic E-state index is 12.9. The van der Waals surface area contributed by atoms with Crippen molar-refractivity contribution in [2.45, 2.75) is 43.5 Å². The van der Waals surface area contributed by atoms with Crippen LogP contribution >= 0.6 is 0 Å². The average molecular weight is 359 g/mol. The topological polar surface area (TPSA) is 137 Å². The number of aliphatic hydroxyl groups excluding tert-OH is 1. The third-order valence-electron chi connectivity index (χ3n) is 4.32. The lowest BCUT2D eigenvalue weighted by Gasteiger charge is -2.26. The number of aliphatic hydroxyl groups is 1. The number of nitrogens with zero attached hydrogens (tertiary/aromatic N) is 1. The summed E-state index contributed by atoms with van der Waals surface area (Å²) in [5.41, 5.74) is 0. The summed E-state index contributed by atoms with van der Waals surface area (Å²) in [5, 5.41) is 24.0. The van der Waals surface area contributed by atoms with Gasteiger partial charge in [0.25, 0.3) is 0 Å². The Balaban J connectivity index is 1.78. The van der Waals surface area contributed by atoms with Crippen LogP contribution in [0.3, 0.4) is 0 Å². The normalized spacial score (nSPS) is 35.6. The van der Waals surface area contributed by atoms with Crippen molar-refractivity contribution in [2.24, 2.45) is 0 Å². The molecule has 0 saturated carbocycles. The van der Waals surface area contributed by atoms with E-state index >= 15 is 0 Å². The highest BCUT2D eigenvalue weighted by Gasteiger charge is 2.53. The number of carboxylic acids is 1. The molecule has 0 radical (unpaired) electrons. The Morgan fingerprint density at radius 3 is 3.04 bits per heavy atom. The van der Waals surface area contributed by atoms with Gasteiger partial charge < -0.3 is 35.1 Å². The number of hydrogen-bond donors (Lipinski definition) is 4. The van der Waals surface area contributed by atoms with Crippen LogP contribution in [-0.2, 0) is 23.7 Å². The molecule has 3 saturated heterocycles. The molecule has 0 aromatic carbocycles. The summed E-state index contributed by atoms with van der Waals surface area (Å²) in [5.74, 6) is -5.21. The van der Waals surface area contributed by atoms with Crippen molar-refractivity contribution >= 4 is 25.0 Å². The molecule has 0 aromatic rings. The van der Waals surface area contributed by atoms with E-state index in [2.05, 4.69) is 10.6 Å². The van der Waals surface area contributed by atoms with Crippen molar-refractivity contribution in [1.82, 2.24) is 15.5 Å². The van der Waals surface area contributed by atoms with Gasteiger partial charge in [-0.15, -0.1) is 0 Å². The minimum Gasteiger partial charge on any atom is -0.506 e. The summed E-state index contributed by atoms with van der Waals surface area (Å²) < 4.78 is 42.6. The number of nitrogens with one attached hydrogen (secondary N) is 2. The molecule has 3 aliphatic heterocycles. The molecule has 1 amide bonds. The van der Waals surface area contributed by atoms with Crippen molar-refractivity contribution in [3.8, 4) is 0 Å². The van der Waals surface area contributed by atoms with Crippen LogP contribution in [0.2, 0.25) is 0 Å². The SMILES string of the molecule is [2H]C([2H])(N[C@@H]1CCNC1)C(=O)N1[C@H](B2OC(=O)C(C(O)C(=O)O)O2)CCC1([2H])[2H]. The quantitative estimate of drug-likeness (QED) is 0.375. The van der Waals surface area contributed by atoms with E-state index in [-0.39, 0.29) is 18.9 Å². The van der Waals surface area contributed by atoms with Crippen LogP contribution in [0.5, 0.6) is 0 Å². The molecule has 138 valence electrons. The lowest BCUT2D eigenvalue weighted by atomic mass is 9.77. The molecule has 4 N–H and O–H groups in total. The zero-order valence-electron chi connectivity index (χ0n) is 17.3. The van der Waals surface area contributed by atoms with Gasteiger partial charge in [-0.1, -0.05) is 0 Å². The van der Waals surface area contributed by atoms with E-state index in [1.807, 2.05) is 0 Å². The van der Waals surface area contributed by atoms with Crippen molar-refractivity contribution < 1.29 is 39.4 Å². The van der Waals surface area contributed by atoms with E-state index in [1.54, 1.807) is 0 Å². The minimum atomic E-state index is -2.59. The van der Waals surface area contributed by atoms with Crippen molar-refractivity contribution in [3.05, 3.63) is 0 Å². The van der Waals surface area contributed by atoms with Gasteiger partial charge in [-0.2, -0.15) is 0 Å². The van der Waals surface area contributed by atoms with E-state index in [4.69, 9.17) is 19.9 Å². The third-order valence-corrected chi connectivity index (χ3v) is 4.32. The zero-order chi connectivity index (χ0) is 21.6. The number of hydrogen-bond acceptors (Lipinski definition) is 8. The monoisotopic (exact) mass is 359 g/mol. The molecule has 3 rings (SSSR count). The fraction of sp³-hybridized carbons (Fsp3) is 0.786. The first-order chi connectivity index (χ1) is 13.4. The van der Waals surface area contributed by atoms with Crippen LogP contribution in [0, 0.1) is 0 Å². The van der Waals surface area contributed by atoms with Crippen LogP contribution in [-0.4, -0.2) is 90.4 Å². The molecule has 3 aliphatic rings. The van der Waals surface area contributed by atoms with Crippen molar-refractivity contribution in [3.63, 3.8) is 0 Å². The Labute approximate surface area is 150 Å². The lowest BCUT2D eigenvalue weighted by Crippen LogP contribution is -2.50. The molecule has 3 fully saturated rings. The molecule has 10 nitrogen and oxygen atoms in total. The lowest BCUT2D eigenvalue weighted by molar-refractivity contribution is -0.157. The molecule has 0 aliphatic carbocycles. The molecular weight excluding hydrogens is 333 g/mol. The number of carboxylic acid groups (broad SMARTS) is 1. The van der Waals surface area contributed by atoms with Crippen LogP contribution in [0.4, 0.5) is 0 Å². The summed E-state index contributed by atoms with van der Waals surface area (Å²) in [6, 6.07) is -0.309. The Kier molecular flexibility index (Phi) is 4.15. The van der Waals surface area contributed by atoms with Gasteiger partial charge in [-0.05, 0) is 25.8 Å². The van der Waals surface area contributed by atoms with Crippen molar-refractivity contribution in [2.75, 3.05) is 26.1 Å². The highest BCUT2D eigenvalue weighted by atomic mass is 16.7. The van der Waals surface area contributed by atoms with Crippen molar-refractivity contribution in [1.29, 1.82) is 0 Å². The zero-order valence-corrected chi connectivity index (χ0v) is 13.3. The first kappa shape index (κ1) is 13.5. The highest BCUT2D eigenvalue weighted by molar-refractivity contribution is 6.51. The van der Waals surface area contributed by atoms with Gasteiger partial charge in [0.2, 0.25) is 5.91 Å². The standard InChI is InChI=1S/C14H22BN3O7/c19-10(7-17-8-3-4-16-6-8)18-5-1-2-9(18)15-24-12(14(23)25-15)11(20)13(21)22/h8-9,11-12,16-17,20H,1-7H2,(H,21,22)/t8-,9+,11?,12?/m1/s1/i5D2,7D2. The van der Waals surface area contributed by atoms with E-state index < -0.39 is 56.1 Å². The van der Waals surface area contributed by atoms with E-state index in [1.165, 1.54) is 0 Å². The highest BCUT2D eigenvalue weighted by Crippen LogP contribution is 2.26. The largest absolute Gasteiger partial charge is 0.552 e. The van der Waals surface area contributed by atoms with E-state index in [0.29, 0.717) is 24.4 Å². The molecule has 11 heteroatoms. The minimum absolute atomic E-state index is 0.00631. The molecular formula is C14H22BN3O7. The maximum absolute atomic E-state index is 12.9. The molecule has 0 spiro atoms. The predicted octanol–water partition coefficient (Wildman–Crippen LogP) is -2.66. The third kappa shape index (κ3) is 3.95. The summed E-state index contributed by atoms with van der Waals surface area (Å²) >= 11 is 0. The summed E-state index contributed by atoms with van der Waals surface area (Å²) in [7, 11) is -1.52. The number of aliphatic carboxylic acids is 1. The molecule has 0 aromatic heterocycles. The summed E-state index contributed by atoms with van der Waals surface area (Å²) in [6.07, 6.45) is -3.57. The Hall–Kier alpha value is -1.69. The van der Waals surface area contributed by atoms with Gasteiger partial charge in [0.15, 0.2) is 12.2 Å². The molecule has 2 unspecified atom stereocenters. The van der Waals surface area contributed by atoms with Crippen LogP contribution < -0.4 is 10.6 Å². The maximum Gasteiger partial charge on any atom is 0.552 e. The molecule has 0 bridgehead atoms. The number of amides is 1. The first-order valence-corrected chi connectivity index (χ1v) is 8.03. The van der Waals surface area contributed by atoms with Crippen LogP contribution in [0.15, 0.2) is 0 Å². The Morgan fingerprint density at radius 2 is 2.36 bits per heavy atom. The number of carbonyl (C=O) groups is 3. The Bertz CT molecular complexity index is 694. The van der Waals surface area contributed by atoms with Gasteiger partial charge in [0.05, 0.1) is 15.2 Å². The van der Waals surface area contributed by atoms with Crippen LogP contribution in [0.25, 0.3) is 0 Å². The van der Waals surface area contributed by atoms with E-state index in [0.717, 1.165) is 0 Å². The average Bonchev–Trinajstić information content (AvgIpc) is 3.32. The second kappa shape index (κ2) is 7.69. The molecule has 3 heterocycles. The Morgan fingerprint density at radius 1 is 1.56 bits per heavy atom. The first-order valence-electron chi connectivity index (χ1n) is 10.0. The fourth-order valence-corrected chi connectivity index (χ4v) is 2.97. The van der Waals surface area contributed by atoms with Crippen LogP contribution in [0.1, 0.15) is 24.7 Å². The van der Waals surface area contributed by atoms with Gasteiger partial charge in [-0.3, -0.25) is 9.59 Å². The molecule has 25 heavy (non-hydrogen) atoms. The number of likely N-dealkylation sites (tertiary alicyclic amines) is 1.